The molecule has 0 aliphatic heterocycles. The van der Waals surface area contributed by atoms with Crippen molar-refractivity contribution in [3.05, 3.63) is 96.8 Å². The zero-order valence-corrected chi connectivity index (χ0v) is 18.2. The van der Waals surface area contributed by atoms with E-state index in [-0.39, 0.29) is 16.3 Å². The Bertz CT molecular complexity index is 1410. The van der Waals surface area contributed by atoms with Crippen LogP contribution in [-0.4, -0.2) is 37.2 Å². The fraction of sp³-hybridized carbons (Fsp3) is 0.0417. The van der Waals surface area contributed by atoms with E-state index in [4.69, 9.17) is 0 Å². The van der Waals surface area contributed by atoms with Gasteiger partial charge in [-0.15, -0.1) is 0 Å². The number of benzene rings is 3. The second kappa shape index (κ2) is 9.49. The third-order valence-corrected chi connectivity index (χ3v) is 6.67. The average Bonchev–Trinajstić information content (AvgIpc) is 2.85. The molecule has 166 valence electrons. The summed E-state index contributed by atoms with van der Waals surface area (Å²) < 4.78 is 27.4. The predicted octanol–water partition coefficient (Wildman–Crippen LogP) is 3.29. The molecule has 0 unspecified atom stereocenters. The maximum Gasteiger partial charge on any atom is 0.264 e. The molecule has 0 saturated carbocycles. The van der Waals surface area contributed by atoms with Crippen molar-refractivity contribution in [2.75, 3.05) is 10.8 Å². The molecule has 0 saturated heterocycles. The Balaban J connectivity index is 1.57. The lowest BCUT2D eigenvalue weighted by Gasteiger charge is -2.23. The number of phenolic OH excluding ortho intramolecular Hbond substituents is 1. The minimum absolute atomic E-state index is 0.00957. The molecule has 0 atom stereocenters. The van der Waals surface area contributed by atoms with Crippen molar-refractivity contribution in [2.45, 2.75) is 4.90 Å². The van der Waals surface area contributed by atoms with Gasteiger partial charge in [0.1, 0.15) is 12.3 Å². The number of amides is 1. The third-order valence-electron chi connectivity index (χ3n) is 4.88. The lowest BCUT2D eigenvalue weighted by atomic mass is 10.0. The number of sulfonamides is 1. The number of nitrogens with one attached hydrogen (secondary N) is 1. The van der Waals surface area contributed by atoms with E-state index in [1.807, 2.05) is 24.3 Å². The zero-order valence-electron chi connectivity index (χ0n) is 17.4. The number of anilines is 1. The Labute approximate surface area is 190 Å². The molecule has 4 rings (SSSR count). The van der Waals surface area contributed by atoms with Crippen molar-refractivity contribution in [3.8, 4) is 5.75 Å². The monoisotopic (exact) mass is 460 g/mol. The van der Waals surface area contributed by atoms with Gasteiger partial charge in [-0.25, -0.2) is 13.8 Å². The van der Waals surface area contributed by atoms with Gasteiger partial charge >= 0.3 is 0 Å². The fourth-order valence-corrected chi connectivity index (χ4v) is 4.72. The molecule has 33 heavy (non-hydrogen) atoms. The number of fused-ring (bicyclic) bond motifs is 1. The van der Waals surface area contributed by atoms with E-state index in [2.05, 4.69) is 15.5 Å². The van der Waals surface area contributed by atoms with Gasteiger partial charge in [0.05, 0.1) is 23.0 Å². The van der Waals surface area contributed by atoms with E-state index in [0.29, 0.717) is 5.56 Å². The van der Waals surface area contributed by atoms with Gasteiger partial charge in [0.25, 0.3) is 15.9 Å². The van der Waals surface area contributed by atoms with Crippen molar-refractivity contribution < 1.29 is 18.3 Å². The summed E-state index contributed by atoms with van der Waals surface area (Å²) in [6, 6.07) is 21.7. The second-order valence-electron chi connectivity index (χ2n) is 7.05. The van der Waals surface area contributed by atoms with Crippen LogP contribution in [0.3, 0.4) is 0 Å². The summed E-state index contributed by atoms with van der Waals surface area (Å²) in [5, 5.41) is 15.8. The minimum atomic E-state index is -4.02. The molecule has 0 bridgehead atoms. The van der Waals surface area contributed by atoms with Gasteiger partial charge < -0.3 is 5.11 Å². The van der Waals surface area contributed by atoms with E-state index in [1.54, 1.807) is 42.5 Å². The number of rotatable bonds is 7. The normalized spacial score (nSPS) is 11.5. The number of carbonyl (C=O) groups excluding carboxylic acids is 1. The molecule has 0 radical (unpaired) electrons. The lowest BCUT2D eigenvalue weighted by Crippen LogP contribution is -2.39. The van der Waals surface area contributed by atoms with E-state index in [0.717, 1.165) is 15.1 Å². The summed E-state index contributed by atoms with van der Waals surface area (Å²) in [5.41, 5.74) is 3.02. The molecule has 4 aromatic rings. The molecule has 9 heteroatoms. The highest BCUT2D eigenvalue weighted by atomic mass is 32.2. The lowest BCUT2D eigenvalue weighted by molar-refractivity contribution is -0.119. The Morgan fingerprint density at radius 1 is 1.00 bits per heavy atom. The van der Waals surface area contributed by atoms with Crippen LogP contribution in [0.25, 0.3) is 10.8 Å². The van der Waals surface area contributed by atoms with Crippen molar-refractivity contribution in [2.24, 2.45) is 5.10 Å². The standard InChI is InChI=1S/C24H20N4O4S/c29-23-13-12-18-7-4-5-11-21(18)22(23)16-26-27-24(30)17-28(19-8-6-14-25-15-19)33(31,32)20-9-2-1-3-10-20/h1-16,29H,17H2,(H,27,30). The summed E-state index contributed by atoms with van der Waals surface area (Å²) in [4.78, 5) is 16.6. The van der Waals surface area contributed by atoms with Crippen molar-refractivity contribution in [3.63, 3.8) is 0 Å². The Morgan fingerprint density at radius 3 is 2.52 bits per heavy atom. The van der Waals surface area contributed by atoms with E-state index < -0.39 is 22.5 Å². The third kappa shape index (κ3) is 4.83. The maximum atomic E-state index is 13.2. The number of hydrogen-bond donors (Lipinski definition) is 2. The van der Waals surface area contributed by atoms with Crippen molar-refractivity contribution in [1.82, 2.24) is 10.4 Å². The number of aromatic nitrogens is 1. The molecule has 8 nitrogen and oxygen atoms in total. The smallest absolute Gasteiger partial charge is 0.264 e. The second-order valence-corrected chi connectivity index (χ2v) is 8.91. The number of aromatic hydroxyl groups is 1. The summed E-state index contributed by atoms with van der Waals surface area (Å²) in [5.74, 6) is -0.648. The summed E-state index contributed by atoms with van der Waals surface area (Å²) in [7, 11) is -4.02. The van der Waals surface area contributed by atoms with Gasteiger partial charge in [-0.2, -0.15) is 5.10 Å². The Morgan fingerprint density at radius 2 is 1.76 bits per heavy atom. The van der Waals surface area contributed by atoms with Crippen molar-refractivity contribution >= 4 is 38.6 Å². The molecular weight excluding hydrogens is 440 g/mol. The number of hydrazone groups is 1. The quantitative estimate of drug-likeness (QED) is 0.325. The van der Waals surface area contributed by atoms with Crippen LogP contribution in [0.2, 0.25) is 0 Å². The molecular formula is C24H20N4O4S. The van der Waals surface area contributed by atoms with Gasteiger partial charge in [0.2, 0.25) is 0 Å². The van der Waals surface area contributed by atoms with Gasteiger partial charge in [0, 0.05) is 11.8 Å². The van der Waals surface area contributed by atoms with Crippen LogP contribution in [-0.2, 0) is 14.8 Å². The van der Waals surface area contributed by atoms with Crippen LogP contribution in [0.5, 0.6) is 5.75 Å². The highest BCUT2D eigenvalue weighted by molar-refractivity contribution is 7.92. The van der Waals surface area contributed by atoms with Crippen LogP contribution in [0.4, 0.5) is 5.69 Å². The van der Waals surface area contributed by atoms with E-state index >= 15 is 0 Å². The molecule has 0 aliphatic rings. The highest BCUT2D eigenvalue weighted by Gasteiger charge is 2.27. The molecule has 1 aromatic heterocycles. The molecule has 1 amide bonds. The molecule has 1 heterocycles. The van der Waals surface area contributed by atoms with Crippen LogP contribution < -0.4 is 9.73 Å². The first-order valence-corrected chi connectivity index (χ1v) is 11.4. The SMILES string of the molecule is O=C(CN(c1cccnc1)S(=O)(=O)c1ccccc1)NN=Cc1c(O)ccc2ccccc12. The number of hydrogen-bond acceptors (Lipinski definition) is 6. The average molecular weight is 461 g/mol. The topological polar surface area (TPSA) is 112 Å². The number of nitrogens with zero attached hydrogens (tertiary/aromatic N) is 3. The molecule has 2 N–H and O–H groups in total. The van der Waals surface area contributed by atoms with E-state index in [1.165, 1.54) is 30.7 Å². The summed E-state index contributed by atoms with van der Waals surface area (Å²) >= 11 is 0. The number of phenols is 1. The minimum Gasteiger partial charge on any atom is -0.507 e. The van der Waals surface area contributed by atoms with Crippen LogP contribution >= 0.6 is 0 Å². The first-order valence-electron chi connectivity index (χ1n) is 9.97. The van der Waals surface area contributed by atoms with Crippen LogP contribution in [0.1, 0.15) is 5.56 Å². The highest BCUT2D eigenvalue weighted by Crippen LogP contribution is 2.25. The molecule has 3 aromatic carbocycles. The largest absolute Gasteiger partial charge is 0.507 e. The summed E-state index contributed by atoms with van der Waals surface area (Å²) in [6.45, 7) is -0.512. The van der Waals surface area contributed by atoms with Crippen LogP contribution in [0, 0.1) is 0 Å². The van der Waals surface area contributed by atoms with Crippen molar-refractivity contribution in [1.29, 1.82) is 0 Å². The van der Waals surface area contributed by atoms with Gasteiger partial charge in [-0.3, -0.25) is 14.1 Å². The summed E-state index contributed by atoms with van der Waals surface area (Å²) in [6.07, 6.45) is 4.21. The fourth-order valence-electron chi connectivity index (χ4n) is 3.29. The van der Waals surface area contributed by atoms with Crippen LogP contribution in [0.15, 0.2) is 101 Å². The first kappa shape index (κ1) is 22.0. The van der Waals surface area contributed by atoms with Gasteiger partial charge in [-0.05, 0) is 41.1 Å². The van der Waals surface area contributed by atoms with Gasteiger partial charge in [-0.1, -0.05) is 48.5 Å². The maximum absolute atomic E-state index is 13.2. The molecule has 0 fully saturated rings. The Hall–Kier alpha value is -4.24. The number of pyridine rings is 1. The predicted molar refractivity (Wildman–Crippen MR) is 127 cm³/mol. The van der Waals surface area contributed by atoms with Gasteiger partial charge in [0.15, 0.2) is 0 Å². The Kier molecular flexibility index (Phi) is 6.32. The zero-order chi connectivity index (χ0) is 23.3. The molecule has 0 spiro atoms. The molecule has 0 aliphatic carbocycles. The van der Waals surface area contributed by atoms with E-state index in [9.17, 15) is 18.3 Å². The first-order chi connectivity index (χ1) is 16.0. The number of carbonyl (C=O) groups is 1.